The summed E-state index contributed by atoms with van der Waals surface area (Å²) in [5.41, 5.74) is 3.33. The van der Waals surface area contributed by atoms with E-state index in [1.54, 1.807) is 44.1 Å². The number of anilines is 1. The molecule has 0 fully saturated rings. The molecule has 0 radical (unpaired) electrons. The number of benzene rings is 3. The van der Waals surface area contributed by atoms with Crippen molar-refractivity contribution < 1.29 is 23.7 Å². The molecule has 4 aromatic rings. The number of rotatable bonds is 7. The van der Waals surface area contributed by atoms with E-state index in [0.717, 1.165) is 22.6 Å². The molecule has 0 spiro atoms. The first-order valence-corrected chi connectivity index (χ1v) is 11.4. The van der Waals surface area contributed by atoms with E-state index in [0.29, 0.717) is 34.4 Å². The number of nitrogens with one attached hydrogen (secondary N) is 1. The molecule has 0 unspecified atom stereocenters. The summed E-state index contributed by atoms with van der Waals surface area (Å²) in [5, 5.41) is 2.89. The van der Waals surface area contributed by atoms with Gasteiger partial charge in [0.15, 0.2) is 11.5 Å². The quantitative estimate of drug-likeness (QED) is 0.370. The molecule has 1 amide bonds. The fourth-order valence-corrected chi connectivity index (χ4v) is 3.66. The molecule has 0 bridgehead atoms. The van der Waals surface area contributed by atoms with Crippen LogP contribution in [0.1, 0.15) is 21.6 Å². The van der Waals surface area contributed by atoms with Crippen molar-refractivity contribution in [2.24, 2.45) is 7.05 Å². The van der Waals surface area contributed by atoms with E-state index >= 15 is 0 Å². The number of carbonyl (C=O) groups is 1. The fourth-order valence-electron chi connectivity index (χ4n) is 3.66. The maximum Gasteiger partial charge on any atom is 0.258 e. The van der Waals surface area contributed by atoms with Crippen molar-refractivity contribution in [2.75, 3.05) is 33.8 Å². The van der Waals surface area contributed by atoms with Gasteiger partial charge in [-0.15, -0.1) is 0 Å². The van der Waals surface area contributed by atoms with Gasteiger partial charge < -0.3 is 23.5 Å². The van der Waals surface area contributed by atoms with E-state index in [-0.39, 0.29) is 5.91 Å². The molecule has 1 aromatic heterocycles. The van der Waals surface area contributed by atoms with Gasteiger partial charge in [-0.05, 0) is 72.7 Å². The minimum absolute atomic E-state index is 0.343. The minimum Gasteiger partial charge on any atom is -0.497 e. The van der Waals surface area contributed by atoms with Crippen molar-refractivity contribution in [2.45, 2.75) is 0 Å². The monoisotopic (exact) mass is 497 g/mol. The zero-order valence-electron chi connectivity index (χ0n) is 21.3. The molecule has 0 saturated heterocycles. The molecular weight excluding hydrogens is 470 g/mol. The van der Waals surface area contributed by atoms with Crippen molar-refractivity contribution in [3.63, 3.8) is 0 Å². The molecule has 0 aliphatic carbocycles. The lowest BCUT2D eigenvalue weighted by Crippen LogP contribution is -2.15. The number of hydrogen-bond acceptors (Lipinski definition) is 6. The van der Waals surface area contributed by atoms with Crippen LogP contribution >= 0.6 is 0 Å². The summed E-state index contributed by atoms with van der Waals surface area (Å²) < 4.78 is 22.9. The standard InChI is InChI=1S/C29H27N3O5/c1-32-24(16-8-19-6-12-22(34-2)13-7-19)27(20-9-14-23(35-3)15-10-20)30-29(32)31-28(33)21-11-17-25(36-4)26(18-21)37-5/h6-7,9-15,17-18H,1-5H3,(H,30,31,33). The van der Waals surface area contributed by atoms with E-state index in [1.165, 1.54) is 7.11 Å². The third-order valence-electron chi connectivity index (χ3n) is 5.74. The molecular formula is C29H27N3O5. The highest BCUT2D eigenvalue weighted by Gasteiger charge is 2.19. The fraction of sp³-hybridized carbons (Fsp3) is 0.172. The maximum atomic E-state index is 13.1. The van der Waals surface area contributed by atoms with Crippen LogP contribution < -0.4 is 24.3 Å². The molecule has 0 aliphatic rings. The predicted octanol–water partition coefficient (Wildman–Crippen LogP) is 4.77. The van der Waals surface area contributed by atoms with Crippen LogP contribution in [0.25, 0.3) is 11.3 Å². The summed E-state index contributed by atoms with van der Waals surface area (Å²) in [6.07, 6.45) is 0. The molecule has 8 heteroatoms. The first-order chi connectivity index (χ1) is 18.0. The van der Waals surface area contributed by atoms with Gasteiger partial charge in [0, 0.05) is 23.7 Å². The minimum atomic E-state index is -0.343. The van der Waals surface area contributed by atoms with Gasteiger partial charge in [-0.2, -0.15) is 0 Å². The lowest BCUT2D eigenvalue weighted by Gasteiger charge is -2.10. The van der Waals surface area contributed by atoms with Gasteiger partial charge in [0.25, 0.3) is 5.91 Å². The number of nitrogens with zero attached hydrogens (tertiary/aromatic N) is 2. The van der Waals surface area contributed by atoms with Gasteiger partial charge in [-0.25, -0.2) is 4.98 Å². The summed E-state index contributed by atoms with van der Waals surface area (Å²) in [7, 11) is 8.11. The average Bonchev–Trinajstić information content (AvgIpc) is 3.26. The highest BCUT2D eigenvalue weighted by Crippen LogP contribution is 2.29. The second-order valence-electron chi connectivity index (χ2n) is 7.92. The van der Waals surface area contributed by atoms with Gasteiger partial charge in [-0.3, -0.25) is 10.1 Å². The van der Waals surface area contributed by atoms with Crippen molar-refractivity contribution in [1.82, 2.24) is 9.55 Å². The Morgan fingerprint density at radius 2 is 1.41 bits per heavy atom. The summed E-state index contributed by atoms with van der Waals surface area (Å²) in [6, 6.07) is 19.9. The molecule has 188 valence electrons. The van der Waals surface area contributed by atoms with Crippen molar-refractivity contribution in [3.8, 4) is 46.1 Å². The number of amides is 1. The third-order valence-corrected chi connectivity index (χ3v) is 5.74. The molecule has 0 atom stereocenters. The molecule has 3 aromatic carbocycles. The lowest BCUT2D eigenvalue weighted by molar-refractivity contribution is 0.102. The zero-order chi connectivity index (χ0) is 26.4. The topological polar surface area (TPSA) is 83.8 Å². The number of methoxy groups -OCH3 is 4. The first-order valence-electron chi connectivity index (χ1n) is 11.4. The Morgan fingerprint density at radius 1 is 0.784 bits per heavy atom. The van der Waals surface area contributed by atoms with Crippen LogP contribution in [-0.2, 0) is 7.05 Å². The second kappa shape index (κ2) is 11.2. The van der Waals surface area contributed by atoms with Crippen molar-refractivity contribution >= 4 is 11.9 Å². The Bertz CT molecular complexity index is 1460. The summed E-state index contributed by atoms with van der Waals surface area (Å²) in [6.45, 7) is 0. The zero-order valence-corrected chi connectivity index (χ0v) is 21.3. The Kier molecular flexibility index (Phi) is 7.65. The summed E-state index contributed by atoms with van der Waals surface area (Å²) in [5.74, 6) is 8.88. The SMILES string of the molecule is COc1ccc(C#Cc2c(-c3ccc(OC)cc3)nc(NC(=O)c3ccc(OC)c(OC)c3)n2C)cc1. The van der Waals surface area contributed by atoms with Crippen LogP contribution in [0.4, 0.5) is 5.95 Å². The van der Waals surface area contributed by atoms with E-state index in [2.05, 4.69) is 17.2 Å². The van der Waals surface area contributed by atoms with Crippen LogP contribution in [0.2, 0.25) is 0 Å². The third kappa shape index (κ3) is 5.52. The first kappa shape index (κ1) is 25.2. The van der Waals surface area contributed by atoms with Gasteiger partial charge in [0.1, 0.15) is 22.9 Å². The number of imidazole rings is 1. The summed E-state index contributed by atoms with van der Waals surface area (Å²) in [4.78, 5) is 17.8. The highest BCUT2D eigenvalue weighted by atomic mass is 16.5. The summed E-state index contributed by atoms with van der Waals surface area (Å²) >= 11 is 0. The van der Waals surface area contributed by atoms with Gasteiger partial charge in [-0.1, -0.05) is 5.92 Å². The van der Waals surface area contributed by atoms with Crippen molar-refractivity contribution in [3.05, 3.63) is 83.6 Å². The lowest BCUT2D eigenvalue weighted by atomic mass is 10.1. The molecule has 0 saturated carbocycles. The molecule has 4 rings (SSSR count). The van der Waals surface area contributed by atoms with Crippen molar-refractivity contribution in [1.29, 1.82) is 0 Å². The van der Waals surface area contributed by atoms with Gasteiger partial charge >= 0.3 is 0 Å². The number of hydrogen-bond donors (Lipinski definition) is 1. The molecule has 37 heavy (non-hydrogen) atoms. The average molecular weight is 498 g/mol. The Balaban J connectivity index is 1.72. The Labute approximate surface area is 215 Å². The van der Waals surface area contributed by atoms with Crippen LogP contribution in [0.3, 0.4) is 0 Å². The van der Waals surface area contributed by atoms with Crippen LogP contribution in [0.5, 0.6) is 23.0 Å². The number of ether oxygens (including phenoxy) is 4. The highest BCUT2D eigenvalue weighted by molar-refractivity contribution is 6.04. The van der Waals surface area contributed by atoms with E-state index in [1.807, 2.05) is 55.6 Å². The van der Waals surface area contributed by atoms with E-state index < -0.39 is 0 Å². The van der Waals surface area contributed by atoms with Gasteiger partial charge in [0.2, 0.25) is 5.95 Å². The van der Waals surface area contributed by atoms with Crippen LogP contribution in [-0.4, -0.2) is 43.9 Å². The van der Waals surface area contributed by atoms with Gasteiger partial charge in [0.05, 0.1) is 28.4 Å². The molecule has 0 aliphatic heterocycles. The largest absolute Gasteiger partial charge is 0.497 e. The van der Waals surface area contributed by atoms with E-state index in [4.69, 9.17) is 23.9 Å². The normalized spacial score (nSPS) is 10.2. The predicted molar refractivity (Wildman–Crippen MR) is 142 cm³/mol. The Hall–Kier alpha value is -4.90. The second-order valence-corrected chi connectivity index (χ2v) is 7.92. The molecule has 1 N–H and O–H groups in total. The number of aromatic nitrogens is 2. The maximum absolute atomic E-state index is 13.1. The molecule has 8 nitrogen and oxygen atoms in total. The molecule has 1 heterocycles. The smallest absolute Gasteiger partial charge is 0.258 e. The van der Waals surface area contributed by atoms with E-state index in [9.17, 15) is 4.79 Å². The van der Waals surface area contributed by atoms with Crippen LogP contribution in [0, 0.1) is 11.8 Å². The number of carbonyl (C=O) groups excluding carboxylic acids is 1. The van der Waals surface area contributed by atoms with Crippen LogP contribution in [0.15, 0.2) is 66.7 Å². The Morgan fingerprint density at radius 3 is 2.00 bits per heavy atom.